The molecule has 0 aliphatic carbocycles. The Morgan fingerprint density at radius 3 is 2.76 bits per heavy atom. The number of para-hydroxylation sites is 1. The lowest BCUT2D eigenvalue weighted by molar-refractivity contribution is -0.122. The number of ether oxygens (including phenoxy) is 1. The molecule has 0 atom stereocenters. The summed E-state index contributed by atoms with van der Waals surface area (Å²) in [5.41, 5.74) is 0.853. The fourth-order valence-electron chi connectivity index (χ4n) is 2.09. The molecule has 0 aliphatic heterocycles. The molecule has 21 heavy (non-hydrogen) atoms. The van der Waals surface area contributed by atoms with Crippen molar-refractivity contribution in [3.8, 4) is 5.75 Å². The molecule has 2 aromatic rings. The molecule has 0 radical (unpaired) electrons. The number of hydrogen-bond acceptors (Lipinski definition) is 3. The molecule has 1 N–H and O–H groups in total. The van der Waals surface area contributed by atoms with Gasteiger partial charge < -0.3 is 10.1 Å². The second kappa shape index (κ2) is 6.57. The second-order valence-corrected chi connectivity index (χ2v) is 6.27. The minimum absolute atomic E-state index is 0.00446. The number of carbonyl (C=O) groups excluding carboxylic acids is 1. The average Bonchev–Trinajstić information content (AvgIpc) is 2.42. The van der Waals surface area contributed by atoms with E-state index in [-0.39, 0.29) is 11.3 Å². The highest BCUT2D eigenvalue weighted by Gasteiger charge is 2.15. The zero-order chi connectivity index (χ0) is 15.3. The molecular weight excluding hydrogens is 264 g/mol. The number of amides is 1. The van der Waals surface area contributed by atoms with Gasteiger partial charge in [0.2, 0.25) is 5.91 Å². The van der Waals surface area contributed by atoms with Crippen molar-refractivity contribution in [3.05, 3.63) is 36.5 Å². The molecule has 0 bridgehead atoms. The molecule has 0 saturated heterocycles. The standard InChI is InChI=1S/C17H22N2O2/c1-17(2,3)12-15(20)18-10-11-21-14-8-4-6-13-7-5-9-19-16(13)14/h4-9H,10-12H2,1-3H3,(H,18,20). The topological polar surface area (TPSA) is 51.2 Å². The quantitative estimate of drug-likeness (QED) is 0.859. The highest BCUT2D eigenvalue weighted by molar-refractivity contribution is 5.84. The first-order valence-corrected chi connectivity index (χ1v) is 7.19. The van der Waals surface area contributed by atoms with Gasteiger partial charge in [0.15, 0.2) is 0 Å². The monoisotopic (exact) mass is 286 g/mol. The maximum atomic E-state index is 11.7. The van der Waals surface area contributed by atoms with E-state index in [1.165, 1.54) is 0 Å². The van der Waals surface area contributed by atoms with Crippen LogP contribution < -0.4 is 10.1 Å². The van der Waals surface area contributed by atoms with Crippen LogP contribution in [0.25, 0.3) is 10.9 Å². The van der Waals surface area contributed by atoms with Crippen molar-refractivity contribution in [1.82, 2.24) is 10.3 Å². The Morgan fingerprint density at radius 1 is 1.24 bits per heavy atom. The molecule has 2 rings (SSSR count). The molecule has 4 nitrogen and oxygen atoms in total. The molecule has 4 heteroatoms. The Kier molecular flexibility index (Phi) is 4.78. The van der Waals surface area contributed by atoms with Gasteiger partial charge in [-0.2, -0.15) is 0 Å². The van der Waals surface area contributed by atoms with Crippen LogP contribution in [0.4, 0.5) is 0 Å². The second-order valence-electron chi connectivity index (χ2n) is 6.27. The Balaban J connectivity index is 1.84. The molecule has 0 spiro atoms. The van der Waals surface area contributed by atoms with Gasteiger partial charge in [-0.1, -0.05) is 39.0 Å². The number of benzene rings is 1. The normalized spacial score (nSPS) is 11.4. The van der Waals surface area contributed by atoms with E-state index in [2.05, 4.69) is 10.3 Å². The van der Waals surface area contributed by atoms with E-state index in [1.54, 1.807) is 6.20 Å². The molecule has 1 heterocycles. The lowest BCUT2D eigenvalue weighted by atomic mass is 9.92. The zero-order valence-electron chi connectivity index (χ0n) is 12.8. The highest BCUT2D eigenvalue weighted by Crippen LogP contribution is 2.22. The first-order chi connectivity index (χ1) is 9.96. The summed E-state index contributed by atoms with van der Waals surface area (Å²) in [7, 11) is 0. The lowest BCUT2D eigenvalue weighted by Gasteiger charge is -2.17. The largest absolute Gasteiger partial charge is 0.489 e. The minimum atomic E-state index is 0.00446. The molecular formula is C17H22N2O2. The van der Waals surface area contributed by atoms with Crippen LogP contribution in [0.2, 0.25) is 0 Å². The molecule has 1 aromatic carbocycles. The van der Waals surface area contributed by atoms with Crippen LogP contribution in [0.3, 0.4) is 0 Å². The number of fused-ring (bicyclic) bond motifs is 1. The molecule has 1 amide bonds. The fraction of sp³-hybridized carbons (Fsp3) is 0.412. The summed E-state index contributed by atoms with van der Waals surface area (Å²) in [6.45, 7) is 7.07. The van der Waals surface area contributed by atoms with Gasteiger partial charge in [-0.3, -0.25) is 9.78 Å². The summed E-state index contributed by atoms with van der Waals surface area (Å²) >= 11 is 0. The summed E-state index contributed by atoms with van der Waals surface area (Å²) in [5.74, 6) is 0.806. The van der Waals surface area contributed by atoms with E-state index in [0.717, 1.165) is 16.7 Å². The van der Waals surface area contributed by atoms with E-state index in [9.17, 15) is 4.79 Å². The first-order valence-electron chi connectivity index (χ1n) is 7.19. The number of pyridine rings is 1. The summed E-state index contributed by atoms with van der Waals surface area (Å²) in [6.07, 6.45) is 2.27. The van der Waals surface area contributed by atoms with E-state index in [1.807, 2.05) is 51.1 Å². The van der Waals surface area contributed by atoms with Crippen LogP contribution in [0, 0.1) is 5.41 Å². The third-order valence-electron chi connectivity index (χ3n) is 2.97. The van der Waals surface area contributed by atoms with Crippen molar-refractivity contribution in [2.24, 2.45) is 5.41 Å². The lowest BCUT2D eigenvalue weighted by Crippen LogP contribution is -2.31. The summed E-state index contributed by atoms with van der Waals surface area (Å²) in [6, 6.07) is 9.74. The fourth-order valence-corrected chi connectivity index (χ4v) is 2.09. The SMILES string of the molecule is CC(C)(C)CC(=O)NCCOc1cccc2cccnc12. The van der Waals surface area contributed by atoms with E-state index >= 15 is 0 Å². The molecule has 112 valence electrons. The molecule has 0 aliphatic rings. The molecule has 1 aromatic heterocycles. The zero-order valence-corrected chi connectivity index (χ0v) is 12.8. The average molecular weight is 286 g/mol. The van der Waals surface area contributed by atoms with Gasteiger partial charge in [0, 0.05) is 18.0 Å². The van der Waals surface area contributed by atoms with Gasteiger partial charge in [-0.15, -0.1) is 0 Å². The Bertz CT molecular complexity index is 612. The highest BCUT2D eigenvalue weighted by atomic mass is 16.5. The van der Waals surface area contributed by atoms with Crippen molar-refractivity contribution in [3.63, 3.8) is 0 Å². The van der Waals surface area contributed by atoms with E-state index in [4.69, 9.17) is 4.74 Å². The Hall–Kier alpha value is -2.10. The van der Waals surface area contributed by atoms with Gasteiger partial charge in [0.05, 0.1) is 6.54 Å². The van der Waals surface area contributed by atoms with Gasteiger partial charge in [0.25, 0.3) is 0 Å². The third kappa shape index (κ3) is 4.74. The van der Waals surface area contributed by atoms with E-state index < -0.39 is 0 Å². The minimum Gasteiger partial charge on any atom is -0.489 e. The van der Waals surface area contributed by atoms with Crippen molar-refractivity contribution >= 4 is 16.8 Å². The van der Waals surface area contributed by atoms with Crippen LogP contribution in [0.5, 0.6) is 5.75 Å². The van der Waals surface area contributed by atoms with Crippen molar-refractivity contribution < 1.29 is 9.53 Å². The molecule has 0 fully saturated rings. The number of hydrogen-bond donors (Lipinski definition) is 1. The summed E-state index contributed by atoms with van der Waals surface area (Å²) < 4.78 is 5.72. The van der Waals surface area contributed by atoms with Crippen LogP contribution in [0.1, 0.15) is 27.2 Å². The van der Waals surface area contributed by atoms with Gasteiger partial charge >= 0.3 is 0 Å². The third-order valence-corrected chi connectivity index (χ3v) is 2.97. The van der Waals surface area contributed by atoms with Crippen molar-refractivity contribution in [2.75, 3.05) is 13.2 Å². The molecule has 0 saturated carbocycles. The Labute approximate surface area is 125 Å². The summed E-state index contributed by atoms with van der Waals surface area (Å²) in [4.78, 5) is 16.0. The number of aromatic nitrogens is 1. The van der Waals surface area contributed by atoms with Crippen molar-refractivity contribution in [1.29, 1.82) is 0 Å². The number of nitrogens with zero attached hydrogens (tertiary/aromatic N) is 1. The smallest absolute Gasteiger partial charge is 0.220 e. The van der Waals surface area contributed by atoms with Crippen LogP contribution in [-0.2, 0) is 4.79 Å². The maximum Gasteiger partial charge on any atom is 0.220 e. The van der Waals surface area contributed by atoms with E-state index in [0.29, 0.717) is 19.6 Å². The summed E-state index contributed by atoms with van der Waals surface area (Å²) in [5, 5.41) is 3.92. The number of carbonyl (C=O) groups is 1. The maximum absolute atomic E-state index is 11.7. The van der Waals surface area contributed by atoms with Crippen LogP contribution in [-0.4, -0.2) is 24.0 Å². The Morgan fingerprint density at radius 2 is 2.00 bits per heavy atom. The number of rotatable bonds is 5. The van der Waals surface area contributed by atoms with Gasteiger partial charge in [0.1, 0.15) is 17.9 Å². The molecule has 0 unspecified atom stereocenters. The predicted molar refractivity (Wildman–Crippen MR) is 84.3 cm³/mol. The van der Waals surface area contributed by atoms with Gasteiger partial charge in [-0.25, -0.2) is 0 Å². The van der Waals surface area contributed by atoms with Crippen LogP contribution >= 0.6 is 0 Å². The van der Waals surface area contributed by atoms with Crippen LogP contribution in [0.15, 0.2) is 36.5 Å². The first kappa shape index (κ1) is 15.3. The van der Waals surface area contributed by atoms with Crippen molar-refractivity contribution in [2.45, 2.75) is 27.2 Å². The number of nitrogens with one attached hydrogen (secondary N) is 1. The predicted octanol–water partition coefficient (Wildman–Crippen LogP) is 3.17. The van der Waals surface area contributed by atoms with Gasteiger partial charge in [-0.05, 0) is 17.5 Å².